The summed E-state index contributed by atoms with van der Waals surface area (Å²) >= 11 is 0. The van der Waals surface area contributed by atoms with Gasteiger partial charge in [0.25, 0.3) is 5.91 Å². The average Bonchev–Trinajstić information content (AvgIpc) is 2.59. The Bertz CT molecular complexity index is 857. The molecular weight excluding hydrogens is 298 g/mol. The average molecular weight is 317 g/mol. The highest BCUT2D eigenvalue weighted by molar-refractivity contribution is 6.05. The number of anilines is 3. The van der Waals surface area contributed by atoms with Crippen LogP contribution in [-0.2, 0) is 0 Å². The summed E-state index contributed by atoms with van der Waals surface area (Å²) in [7, 11) is 0. The van der Waals surface area contributed by atoms with E-state index >= 15 is 0 Å². The molecule has 0 radical (unpaired) electrons. The van der Waals surface area contributed by atoms with E-state index in [1.807, 2.05) is 74.5 Å². The van der Waals surface area contributed by atoms with Crippen molar-refractivity contribution in [2.75, 3.05) is 10.6 Å². The predicted molar refractivity (Wildman–Crippen MR) is 97.8 cm³/mol. The van der Waals surface area contributed by atoms with E-state index in [1.165, 1.54) is 0 Å². The first-order valence-corrected chi connectivity index (χ1v) is 7.79. The van der Waals surface area contributed by atoms with Crippen molar-refractivity contribution in [1.82, 2.24) is 4.98 Å². The first-order chi connectivity index (χ1) is 11.6. The minimum Gasteiger partial charge on any atom is -0.340 e. The van der Waals surface area contributed by atoms with Crippen molar-refractivity contribution in [1.29, 1.82) is 0 Å². The molecule has 2 N–H and O–H groups in total. The SMILES string of the molecule is Cc1ccccc1Nc1ccc(NC(=O)c2ccccc2C)cn1. The highest BCUT2D eigenvalue weighted by Crippen LogP contribution is 2.20. The monoisotopic (exact) mass is 317 g/mol. The molecule has 2 aromatic carbocycles. The van der Waals surface area contributed by atoms with Gasteiger partial charge in [-0.25, -0.2) is 4.98 Å². The number of aromatic nitrogens is 1. The molecule has 0 unspecified atom stereocenters. The number of para-hydroxylation sites is 1. The topological polar surface area (TPSA) is 54.0 Å². The third-order valence-electron chi connectivity index (χ3n) is 3.82. The molecule has 0 spiro atoms. The molecule has 0 aliphatic carbocycles. The number of carbonyl (C=O) groups is 1. The molecule has 120 valence electrons. The van der Waals surface area contributed by atoms with E-state index in [4.69, 9.17) is 0 Å². The fourth-order valence-electron chi connectivity index (χ4n) is 2.42. The van der Waals surface area contributed by atoms with Gasteiger partial charge in [-0.05, 0) is 49.2 Å². The van der Waals surface area contributed by atoms with Crippen LogP contribution in [0.4, 0.5) is 17.2 Å². The third-order valence-corrected chi connectivity index (χ3v) is 3.82. The Labute approximate surface area is 141 Å². The summed E-state index contributed by atoms with van der Waals surface area (Å²) < 4.78 is 0. The smallest absolute Gasteiger partial charge is 0.255 e. The molecule has 0 aliphatic heterocycles. The number of nitrogens with one attached hydrogen (secondary N) is 2. The van der Waals surface area contributed by atoms with E-state index in [0.717, 1.165) is 22.6 Å². The van der Waals surface area contributed by atoms with Gasteiger partial charge in [0.2, 0.25) is 0 Å². The van der Waals surface area contributed by atoms with Crippen LogP contribution < -0.4 is 10.6 Å². The molecule has 1 heterocycles. The second kappa shape index (κ2) is 6.96. The maximum atomic E-state index is 12.3. The molecule has 3 rings (SSSR count). The molecule has 0 bridgehead atoms. The number of benzene rings is 2. The van der Waals surface area contributed by atoms with Gasteiger partial charge in [0.15, 0.2) is 0 Å². The van der Waals surface area contributed by atoms with Gasteiger partial charge in [-0.1, -0.05) is 36.4 Å². The molecule has 4 nitrogen and oxygen atoms in total. The number of nitrogens with zero attached hydrogens (tertiary/aromatic N) is 1. The lowest BCUT2D eigenvalue weighted by Gasteiger charge is -2.10. The van der Waals surface area contributed by atoms with Crippen LogP contribution in [-0.4, -0.2) is 10.9 Å². The lowest BCUT2D eigenvalue weighted by atomic mass is 10.1. The Hall–Kier alpha value is -3.14. The zero-order valence-electron chi connectivity index (χ0n) is 13.7. The zero-order chi connectivity index (χ0) is 16.9. The summed E-state index contributed by atoms with van der Waals surface area (Å²) in [6.07, 6.45) is 1.65. The maximum absolute atomic E-state index is 12.3. The number of carbonyl (C=O) groups excluding carboxylic acids is 1. The summed E-state index contributed by atoms with van der Waals surface area (Å²) in [5.41, 5.74) is 4.44. The fraction of sp³-hybridized carbons (Fsp3) is 0.100. The van der Waals surface area contributed by atoms with Crippen molar-refractivity contribution in [3.8, 4) is 0 Å². The Morgan fingerprint density at radius 1 is 0.875 bits per heavy atom. The van der Waals surface area contributed by atoms with Gasteiger partial charge < -0.3 is 10.6 Å². The fourth-order valence-corrected chi connectivity index (χ4v) is 2.42. The molecule has 1 aromatic heterocycles. The van der Waals surface area contributed by atoms with Gasteiger partial charge in [0.05, 0.1) is 11.9 Å². The number of rotatable bonds is 4. The van der Waals surface area contributed by atoms with Crippen LogP contribution in [0.3, 0.4) is 0 Å². The van der Waals surface area contributed by atoms with E-state index < -0.39 is 0 Å². The number of aryl methyl sites for hydroxylation is 2. The Balaban J connectivity index is 1.70. The predicted octanol–water partition coefficient (Wildman–Crippen LogP) is 4.69. The molecule has 0 aliphatic rings. The number of hydrogen-bond acceptors (Lipinski definition) is 3. The normalized spacial score (nSPS) is 10.2. The van der Waals surface area contributed by atoms with Crippen molar-refractivity contribution in [3.63, 3.8) is 0 Å². The molecule has 0 saturated heterocycles. The summed E-state index contributed by atoms with van der Waals surface area (Å²) in [5, 5.41) is 6.14. The molecular formula is C20H19N3O. The van der Waals surface area contributed by atoms with Gasteiger partial charge in [-0.2, -0.15) is 0 Å². The number of hydrogen-bond donors (Lipinski definition) is 2. The van der Waals surface area contributed by atoms with Crippen molar-refractivity contribution in [2.24, 2.45) is 0 Å². The van der Waals surface area contributed by atoms with Crippen LogP contribution in [0.25, 0.3) is 0 Å². The summed E-state index contributed by atoms with van der Waals surface area (Å²) in [6.45, 7) is 3.96. The molecule has 0 fully saturated rings. The quantitative estimate of drug-likeness (QED) is 0.733. The highest BCUT2D eigenvalue weighted by atomic mass is 16.1. The van der Waals surface area contributed by atoms with E-state index in [0.29, 0.717) is 11.3 Å². The maximum Gasteiger partial charge on any atom is 0.255 e. The third kappa shape index (κ3) is 3.60. The van der Waals surface area contributed by atoms with Gasteiger partial charge in [0, 0.05) is 11.3 Å². The standard InChI is InChI=1S/C20H19N3O/c1-14-7-3-5-9-17(14)20(24)22-16-11-12-19(21-13-16)23-18-10-6-4-8-15(18)2/h3-13H,1-2H3,(H,21,23)(H,22,24). The Kier molecular flexibility index (Phi) is 4.57. The Morgan fingerprint density at radius 3 is 2.25 bits per heavy atom. The van der Waals surface area contributed by atoms with Gasteiger partial charge in [-0.15, -0.1) is 0 Å². The van der Waals surface area contributed by atoms with Gasteiger partial charge in [-0.3, -0.25) is 4.79 Å². The lowest BCUT2D eigenvalue weighted by molar-refractivity contribution is 0.102. The minimum absolute atomic E-state index is 0.130. The lowest BCUT2D eigenvalue weighted by Crippen LogP contribution is -2.13. The summed E-state index contributed by atoms with van der Waals surface area (Å²) in [4.78, 5) is 16.7. The van der Waals surface area contributed by atoms with Gasteiger partial charge in [0.1, 0.15) is 5.82 Å². The van der Waals surface area contributed by atoms with E-state index in [2.05, 4.69) is 15.6 Å². The Morgan fingerprint density at radius 2 is 1.58 bits per heavy atom. The van der Waals surface area contributed by atoms with E-state index in [-0.39, 0.29) is 5.91 Å². The van der Waals surface area contributed by atoms with Crippen LogP contribution in [0.15, 0.2) is 66.9 Å². The van der Waals surface area contributed by atoms with Gasteiger partial charge >= 0.3 is 0 Å². The van der Waals surface area contributed by atoms with E-state index in [9.17, 15) is 4.79 Å². The van der Waals surface area contributed by atoms with Crippen molar-refractivity contribution >= 4 is 23.1 Å². The molecule has 3 aromatic rings. The van der Waals surface area contributed by atoms with Crippen LogP contribution in [0.2, 0.25) is 0 Å². The molecule has 0 atom stereocenters. The van der Waals surface area contributed by atoms with Crippen LogP contribution in [0, 0.1) is 13.8 Å². The van der Waals surface area contributed by atoms with Crippen molar-refractivity contribution in [3.05, 3.63) is 83.6 Å². The van der Waals surface area contributed by atoms with Crippen LogP contribution in [0.1, 0.15) is 21.5 Å². The first-order valence-electron chi connectivity index (χ1n) is 7.79. The second-order valence-corrected chi connectivity index (χ2v) is 5.64. The van der Waals surface area contributed by atoms with Crippen molar-refractivity contribution < 1.29 is 4.79 Å². The molecule has 0 saturated carbocycles. The van der Waals surface area contributed by atoms with Crippen LogP contribution in [0.5, 0.6) is 0 Å². The molecule has 1 amide bonds. The molecule has 24 heavy (non-hydrogen) atoms. The number of pyridine rings is 1. The zero-order valence-corrected chi connectivity index (χ0v) is 13.7. The van der Waals surface area contributed by atoms with Crippen molar-refractivity contribution in [2.45, 2.75) is 13.8 Å². The minimum atomic E-state index is -0.130. The number of amides is 1. The van der Waals surface area contributed by atoms with Crippen LogP contribution >= 0.6 is 0 Å². The second-order valence-electron chi connectivity index (χ2n) is 5.64. The summed E-state index contributed by atoms with van der Waals surface area (Å²) in [5.74, 6) is 0.604. The first kappa shape index (κ1) is 15.7. The van der Waals surface area contributed by atoms with E-state index in [1.54, 1.807) is 6.20 Å². The summed E-state index contributed by atoms with van der Waals surface area (Å²) in [6, 6.07) is 19.2. The largest absolute Gasteiger partial charge is 0.340 e. The molecule has 4 heteroatoms. The highest BCUT2D eigenvalue weighted by Gasteiger charge is 2.08.